The van der Waals surface area contributed by atoms with Crippen molar-refractivity contribution in [3.05, 3.63) is 36.0 Å². The number of methoxy groups -OCH3 is 3. The molecule has 1 fully saturated rings. The van der Waals surface area contributed by atoms with Gasteiger partial charge in [-0.05, 0) is 24.3 Å². The van der Waals surface area contributed by atoms with Gasteiger partial charge in [0.25, 0.3) is 5.91 Å². The van der Waals surface area contributed by atoms with Gasteiger partial charge in [-0.1, -0.05) is 0 Å². The van der Waals surface area contributed by atoms with Gasteiger partial charge in [0.05, 0.1) is 46.4 Å². The average molecular weight is 373 g/mol. The van der Waals surface area contributed by atoms with E-state index in [2.05, 4.69) is 15.2 Å². The summed E-state index contributed by atoms with van der Waals surface area (Å²) in [5.41, 5.74) is 1.38. The summed E-state index contributed by atoms with van der Waals surface area (Å²) >= 11 is 0. The van der Waals surface area contributed by atoms with E-state index < -0.39 is 0 Å². The maximum atomic E-state index is 12.6. The molecule has 1 N–H and O–H groups in total. The van der Waals surface area contributed by atoms with Crippen molar-refractivity contribution in [2.24, 2.45) is 0 Å². The summed E-state index contributed by atoms with van der Waals surface area (Å²) in [5, 5.41) is 2.78. The zero-order valence-electron chi connectivity index (χ0n) is 15.7. The molecule has 0 unspecified atom stereocenters. The summed E-state index contributed by atoms with van der Waals surface area (Å²) in [7, 11) is 4.52. The van der Waals surface area contributed by atoms with Crippen molar-refractivity contribution >= 4 is 17.4 Å². The molecule has 0 saturated carbocycles. The van der Waals surface area contributed by atoms with Crippen molar-refractivity contribution in [3.63, 3.8) is 0 Å². The number of nitrogens with zero attached hydrogens (tertiary/aromatic N) is 2. The highest BCUT2D eigenvalue weighted by atomic mass is 16.5. The SMILES string of the molecule is COc1cc(C(=O)Nc2ccc(N3CCOCC3)cn2)cc(OC)c1OC. The van der Waals surface area contributed by atoms with Crippen LogP contribution >= 0.6 is 0 Å². The summed E-state index contributed by atoms with van der Waals surface area (Å²) < 4.78 is 21.2. The van der Waals surface area contributed by atoms with E-state index in [9.17, 15) is 4.79 Å². The van der Waals surface area contributed by atoms with Crippen molar-refractivity contribution in [3.8, 4) is 17.2 Å². The number of rotatable bonds is 6. The smallest absolute Gasteiger partial charge is 0.257 e. The average Bonchev–Trinajstić information content (AvgIpc) is 2.73. The number of aromatic nitrogens is 1. The quantitative estimate of drug-likeness (QED) is 0.831. The first-order valence-electron chi connectivity index (χ1n) is 8.56. The van der Waals surface area contributed by atoms with Crippen molar-refractivity contribution in [1.29, 1.82) is 0 Å². The molecule has 1 aliphatic rings. The molecule has 144 valence electrons. The lowest BCUT2D eigenvalue weighted by Gasteiger charge is -2.28. The number of benzene rings is 1. The maximum Gasteiger partial charge on any atom is 0.257 e. The fraction of sp³-hybridized carbons (Fsp3) is 0.368. The predicted molar refractivity (Wildman–Crippen MR) is 101 cm³/mol. The van der Waals surface area contributed by atoms with Crippen molar-refractivity contribution in [1.82, 2.24) is 4.98 Å². The molecule has 2 heterocycles. The van der Waals surface area contributed by atoms with Crippen molar-refractivity contribution in [2.45, 2.75) is 0 Å². The monoisotopic (exact) mass is 373 g/mol. The minimum atomic E-state index is -0.319. The van der Waals surface area contributed by atoms with Gasteiger partial charge in [-0.2, -0.15) is 0 Å². The Morgan fingerprint density at radius 3 is 2.26 bits per heavy atom. The highest BCUT2D eigenvalue weighted by molar-refractivity contribution is 6.04. The molecule has 1 aromatic heterocycles. The van der Waals surface area contributed by atoms with Crippen LogP contribution in [-0.2, 0) is 4.74 Å². The van der Waals surface area contributed by atoms with E-state index in [0.717, 1.165) is 18.8 Å². The van der Waals surface area contributed by atoms with Crippen LogP contribution in [0.1, 0.15) is 10.4 Å². The Kier molecular flexibility index (Phi) is 5.97. The normalized spacial score (nSPS) is 13.8. The zero-order chi connectivity index (χ0) is 19.2. The third-order valence-electron chi connectivity index (χ3n) is 4.29. The Morgan fingerprint density at radius 1 is 1.07 bits per heavy atom. The molecule has 0 radical (unpaired) electrons. The lowest BCUT2D eigenvalue weighted by atomic mass is 10.1. The zero-order valence-corrected chi connectivity index (χ0v) is 15.7. The van der Waals surface area contributed by atoms with Gasteiger partial charge in [-0.25, -0.2) is 4.98 Å². The molecule has 27 heavy (non-hydrogen) atoms. The van der Waals surface area contributed by atoms with Gasteiger partial charge in [-0.15, -0.1) is 0 Å². The lowest BCUT2D eigenvalue weighted by Crippen LogP contribution is -2.36. The van der Waals surface area contributed by atoms with E-state index in [0.29, 0.717) is 41.8 Å². The molecule has 1 aromatic carbocycles. The highest BCUT2D eigenvalue weighted by Crippen LogP contribution is 2.38. The second kappa shape index (κ2) is 8.59. The van der Waals surface area contributed by atoms with Gasteiger partial charge >= 0.3 is 0 Å². The Balaban J connectivity index is 1.75. The third-order valence-corrected chi connectivity index (χ3v) is 4.29. The Morgan fingerprint density at radius 2 is 1.74 bits per heavy atom. The predicted octanol–water partition coefficient (Wildman–Crippen LogP) is 2.20. The summed E-state index contributed by atoms with van der Waals surface area (Å²) in [6.07, 6.45) is 1.75. The molecule has 1 aliphatic heterocycles. The molecular formula is C19H23N3O5. The standard InChI is InChI=1S/C19H23N3O5/c1-24-15-10-13(11-16(25-2)18(15)26-3)19(23)21-17-5-4-14(12-20-17)22-6-8-27-9-7-22/h4-5,10-12H,6-9H2,1-3H3,(H,20,21,23). The largest absolute Gasteiger partial charge is 0.493 e. The van der Waals surface area contributed by atoms with E-state index in [1.165, 1.54) is 21.3 Å². The number of carbonyl (C=O) groups excluding carboxylic acids is 1. The lowest BCUT2D eigenvalue weighted by molar-refractivity contribution is 0.102. The second-order valence-electron chi connectivity index (χ2n) is 5.87. The maximum absolute atomic E-state index is 12.6. The fourth-order valence-electron chi connectivity index (χ4n) is 2.87. The Labute approximate surface area is 158 Å². The minimum Gasteiger partial charge on any atom is -0.493 e. The molecule has 8 nitrogen and oxygen atoms in total. The first-order chi connectivity index (χ1) is 13.2. The van der Waals surface area contributed by atoms with Gasteiger partial charge in [0, 0.05) is 18.7 Å². The van der Waals surface area contributed by atoms with E-state index in [1.807, 2.05) is 6.07 Å². The summed E-state index contributed by atoms with van der Waals surface area (Å²) in [6, 6.07) is 6.90. The molecule has 2 aromatic rings. The molecular weight excluding hydrogens is 350 g/mol. The Bertz CT molecular complexity index is 763. The molecule has 3 rings (SSSR count). The molecule has 8 heteroatoms. The van der Waals surface area contributed by atoms with Gasteiger partial charge in [0.15, 0.2) is 11.5 Å². The molecule has 1 amide bonds. The van der Waals surface area contributed by atoms with Crippen LogP contribution in [0.5, 0.6) is 17.2 Å². The first-order valence-corrected chi connectivity index (χ1v) is 8.56. The molecule has 0 spiro atoms. The van der Waals surface area contributed by atoms with Crippen molar-refractivity contribution < 1.29 is 23.7 Å². The minimum absolute atomic E-state index is 0.319. The van der Waals surface area contributed by atoms with Gasteiger partial charge in [0.2, 0.25) is 5.75 Å². The number of nitrogens with one attached hydrogen (secondary N) is 1. The van der Waals surface area contributed by atoms with Crippen LogP contribution in [0.2, 0.25) is 0 Å². The van der Waals surface area contributed by atoms with E-state index in [-0.39, 0.29) is 5.91 Å². The van der Waals surface area contributed by atoms with Crippen LogP contribution < -0.4 is 24.4 Å². The second-order valence-corrected chi connectivity index (χ2v) is 5.87. The van der Waals surface area contributed by atoms with Crippen LogP contribution in [0.25, 0.3) is 0 Å². The number of hydrogen-bond acceptors (Lipinski definition) is 7. The number of hydrogen-bond donors (Lipinski definition) is 1. The van der Waals surface area contributed by atoms with E-state index in [4.69, 9.17) is 18.9 Å². The van der Waals surface area contributed by atoms with Gasteiger partial charge < -0.3 is 29.2 Å². The van der Waals surface area contributed by atoms with E-state index in [1.54, 1.807) is 24.4 Å². The van der Waals surface area contributed by atoms with Crippen molar-refractivity contribution in [2.75, 3.05) is 57.8 Å². The summed E-state index contributed by atoms with van der Waals surface area (Å²) in [6.45, 7) is 3.08. The Hall–Kier alpha value is -3.00. The molecule has 1 saturated heterocycles. The molecule has 0 bridgehead atoms. The molecule has 0 aliphatic carbocycles. The van der Waals surface area contributed by atoms with Crippen LogP contribution in [0.4, 0.5) is 11.5 Å². The number of pyridine rings is 1. The highest BCUT2D eigenvalue weighted by Gasteiger charge is 2.18. The summed E-state index contributed by atoms with van der Waals surface area (Å²) in [5.74, 6) is 1.41. The number of morpholine rings is 1. The summed E-state index contributed by atoms with van der Waals surface area (Å²) in [4.78, 5) is 19.1. The number of anilines is 2. The van der Waals surface area contributed by atoms with Crippen LogP contribution in [0.3, 0.4) is 0 Å². The molecule has 0 atom stereocenters. The van der Waals surface area contributed by atoms with Gasteiger partial charge in [-0.3, -0.25) is 4.79 Å². The number of carbonyl (C=O) groups is 1. The van der Waals surface area contributed by atoms with Crippen LogP contribution in [0.15, 0.2) is 30.5 Å². The number of amides is 1. The van der Waals surface area contributed by atoms with Crippen LogP contribution in [0, 0.1) is 0 Å². The fourth-order valence-corrected chi connectivity index (χ4v) is 2.87. The topological polar surface area (TPSA) is 82.2 Å². The first kappa shape index (κ1) is 18.8. The van der Waals surface area contributed by atoms with Gasteiger partial charge in [0.1, 0.15) is 5.82 Å². The number of ether oxygens (including phenoxy) is 4. The third kappa shape index (κ3) is 4.22. The van der Waals surface area contributed by atoms with Crippen LogP contribution in [-0.4, -0.2) is 58.5 Å². The van der Waals surface area contributed by atoms with E-state index >= 15 is 0 Å².